The molecule has 0 aliphatic carbocycles. The van der Waals surface area contributed by atoms with E-state index in [1.54, 1.807) is 6.07 Å². The van der Waals surface area contributed by atoms with Gasteiger partial charge in [0.1, 0.15) is 4.83 Å². The van der Waals surface area contributed by atoms with Gasteiger partial charge in [-0.15, -0.1) is 11.3 Å². The van der Waals surface area contributed by atoms with E-state index >= 15 is 0 Å². The predicted octanol–water partition coefficient (Wildman–Crippen LogP) is 5.07. The van der Waals surface area contributed by atoms with Crippen LogP contribution in [-0.4, -0.2) is 21.2 Å². The summed E-state index contributed by atoms with van der Waals surface area (Å²) in [7, 11) is 0. The molecule has 2 heterocycles. The molecule has 0 bridgehead atoms. The van der Waals surface area contributed by atoms with Crippen molar-refractivity contribution in [3.8, 4) is 0 Å². The van der Waals surface area contributed by atoms with Crippen LogP contribution >= 0.6 is 34.7 Å². The number of thiophene rings is 1. The lowest BCUT2D eigenvalue weighted by atomic mass is 10.2. The lowest BCUT2D eigenvalue weighted by molar-refractivity contribution is -0.116. The summed E-state index contributed by atoms with van der Waals surface area (Å²) >= 11 is 7.69. The van der Waals surface area contributed by atoms with Gasteiger partial charge in [-0.1, -0.05) is 29.4 Å². The third-order valence-electron chi connectivity index (χ3n) is 4.18. The quantitative estimate of drug-likeness (QED) is 0.540. The van der Waals surface area contributed by atoms with E-state index in [1.165, 1.54) is 34.4 Å². The Morgan fingerprint density at radius 1 is 1.39 bits per heavy atom. The molecular weight excluding hydrogens is 428 g/mol. The Kier molecular flexibility index (Phi) is 6.36. The van der Waals surface area contributed by atoms with Gasteiger partial charge in [0.15, 0.2) is 0 Å². The number of amides is 1. The van der Waals surface area contributed by atoms with E-state index in [-0.39, 0.29) is 45.9 Å². The predicted molar refractivity (Wildman–Crippen MR) is 110 cm³/mol. The number of fused-ring (bicyclic) bond motifs is 1. The molecule has 2 aromatic heterocycles. The summed E-state index contributed by atoms with van der Waals surface area (Å²) in [6, 6.07) is 4.55. The summed E-state index contributed by atoms with van der Waals surface area (Å²) in [4.78, 5) is 31.0. The molecule has 0 radical (unpaired) electrons. The van der Waals surface area contributed by atoms with E-state index < -0.39 is 11.7 Å². The number of alkyl halides is 2. The van der Waals surface area contributed by atoms with Crippen molar-refractivity contribution >= 4 is 56.5 Å². The second-order valence-corrected chi connectivity index (χ2v) is 8.61. The van der Waals surface area contributed by atoms with Crippen LogP contribution in [0.5, 0.6) is 0 Å². The standard InChI is InChI=1S/C18H16ClF2N3O2S2/c1-9-10(2)27-16-14(9)17(26)24(8-22-16)7-6-13(25)23-12-5-3-4-11(19)15(12)28-18(20)21/h3-5,8,18H,6-7H2,1-2H3,(H,23,25). The van der Waals surface area contributed by atoms with Crippen LogP contribution in [0.4, 0.5) is 14.5 Å². The highest BCUT2D eigenvalue weighted by atomic mass is 35.5. The fraction of sp³-hybridized carbons (Fsp3) is 0.278. The molecule has 1 amide bonds. The Morgan fingerprint density at radius 2 is 2.14 bits per heavy atom. The highest BCUT2D eigenvalue weighted by Gasteiger charge is 2.16. The van der Waals surface area contributed by atoms with Crippen molar-refractivity contribution in [2.45, 2.75) is 37.5 Å². The first-order valence-corrected chi connectivity index (χ1v) is 10.3. The zero-order chi connectivity index (χ0) is 20.4. The Morgan fingerprint density at radius 3 is 2.86 bits per heavy atom. The van der Waals surface area contributed by atoms with Crippen LogP contribution in [0.25, 0.3) is 10.2 Å². The van der Waals surface area contributed by atoms with Crippen LogP contribution in [0.3, 0.4) is 0 Å². The van der Waals surface area contributed by atoms with Crippen molar-refractivity contribution in [3.05, 3.63) is 50.3 Å². The zero-order valence-electron chi connectivity index (χ0n) is 15.0. The van der Waals surface area contributed by atoms with Crippen LogP contribution < -0.4 is 10.9 Å². The molecule has 0 unspecified atom stereocenters. The summed E-state index contributed by atoms with van der Waals surface area (Å²) in [5, 5.41) is 3.29. The van der Waals surface area contributed by atoms with Crippen molar-refractivity contribution in [2.24, 2.45) is 0 Å². The van der Waals surface area contributed by atoms with E-state index in [0.29, 0.717) is 10.2 Å². The minimum atomic E-state index is -2.66. The third-order valence-corrected chi connectivity index (χ3v) is 6.58. The molecule has 28 heavy (non-hydrogen) atoms. The smallest absolute Gasteiger partial charge is 0.289 e. The second-order valence-electron chi connectivity index (χ2n) is 6.00. The normalized spacial score (nSPS) is 11.4. The molecule has 0 fully saturated rings. The minimum Gasteiger partial charge on any atom is -0.325 e. The molecule has 0 atom stereocenters. The fourth-order valence-corrected chi connectivity index (χ4v) is 4.58. The summed E-state index contributed by atoms with van der Waals surface area (Å²) in [5.74, 6) is -3.08. The Balaban J connectivity index is 1.74. The summed E-state index contributed by atoms with van der Waals surface area (Å²) < 4.78 is 26.9. The first-order valence-electron chi connectivity index (χ1n) is 8.26. The van der Waals surface area contributed by atoms with Gasteiger partial charge in [0.25, 0.3) is 11.3 Å². The van der Waals surface area contributed by atoms with E-state index in [4.69, 9.17) is 11.6 Å². The topological polar surface area (TPSA) is 64.0 Å². The van der Waals surface area contributed by atoms with Gasteiger partial charge in [-0.25, -0.2) is 4.98 Å². The molecule has 0 spiro atoms. The van der Waals surface area contributed by atoms with Gasteiger partial charge in [0.05, 0.1) is 27.3 Å². The molecular formula is C18H16ClF2N3O2S2. The van der Waals surface area contributed by atoms with Gasteiger partial charge in [-0.3, -0.25) is 14.2 Å². The van der Waals surface area contributed by atoms with Gasteiger partial charge < -0.3 is 5.32 Å². The summed E-state index contributed by atoms with van der Waals surface area (Å²) in [6.07, 6.45) is 1.41. The number of aryl methyl sites for hydroxylation is 3. The maximum Gasteiger partial charge on any atom is 0.289 e. The first-order chi connectivity index (χ1) is 13.3. The van der Waals surface area contributed by atoms with E-state index in [2.05, 4.69) is 10.3 Å². The monoisotopic (exact) mass is 443 g/mol. The minimum absolute atomic E-state index is 0.0133. The molecule has 10 heteroatoms. The van der Waals surface area contributed by atoms with Crippen molar-refractivity contribution in [1.29, 1.82) is 0 Å². The number of hydrogen-bond acceptors (Lipinski definition) is 5. The van der Waals surface area contributed by atoms with Crippen LogP contribution in [0.15, 0.2) is 34.2 Å². The van der Waals surface area contributed by atoms with Crippen LogP contribution in [0.1, 0.15) is 16.9 Å². The summed E-state index contributed by atoms with van der Waals surface area (Å²) in [5.41, 5.74) is 0.910. The number of thioether (sulfide) groups is 1. The van der Waals surface area contributed by atoms with Gasteiger partial charge >= 0.3 is 0 Å². The number of carbonyl (C=O) groups is 1. The van der Waals surface area contributed by atoms with E-state index in [0.717, 1.165) is 10.4 Å². The number of hydrogen-bond donors (Lipinski definition) is 1. The van der Waals surface area contributed by atoms with Gasteiger partial charge in [0, 0.05) is 17.8 Å². The average molecular weight is 444 g/mol. The molecule has 5 nitrogen and oxygen atoms in total. The van der Waals surface area contributed by atoms with Crippen molar-refractivity contribution in [1.82, 2.24) is 9.55 Å². The van der Waals surface area contributed by atoms with Crippen LogP contribution in [0, 0.1) is 13.8 Å². The average Bonchev–Trinajstić information content (AvgIpc) is 2.92. The first kappa shape index (κ1) is 20.8. The Labute approximate surface area is 172 Å². The molecule has 3 rings (SSSR count). The molecule has 1 N–H and O–H groups in total. The molecule has 0 saturated carbocycles. The van der Waals surface area contributed by atoms with Crippen molar-refractivity contribution in [2.75, 3.05) is 5.32 Å². The number of carbonyl (C=O) groups excluding carboxylic acids is 1. The number of nitrogens with zero attached hydrogens (tertiary/aromatic N) is 2. The van der Waals surface area contributed by atoms with Gasteiger partial charge in [-0.2, -0.15) is 8.78 Å². The largest absolute Gasteiger partial charge is 0.325 e. The highest BCUT2D eigenvalue weighted by Crippen LogP contribution is 2.37. The Hall–Kier alpha value is -1.97. The van der Waals surface area contributed by atoms with Gasteiger partial charge in [0.2, 0.25) is 5.91 Å². The lowest BCUT2D eigenvalue weighted by Crippen LogP contribution is -2.23. The highest BCUT2D eigenvalue weighted by molar-refractivity contribution is 7.99. The molecule has 0 saturated heterocycles. The van der Waals surface area contributed by atoms with E-state index in [1.807, 2.05) is 13.8 Å². The van der Waals surface area contributed by atoms with Crippen LogP contribution in [0.2, 0.25) is 5.02 Å². The SMILES string of the molecule is Cc1sc2ncn(CCC(=O)Nc3cccc(Cl)c3SC(F)F)c(=O)c2c1C. The number of halogens is 3. The van der Waals surface area contributed by atoms with Gasteiger partial charge in [-0.05, 0) is 31.5 Å². The zero-order valence-corrected chi connectivity index (χ0v) is 17.4. The number of nitrogens with one attached hydrogen (secondary N) is 1. The number of benzene rings is 1. The molecule has 1 aromatic carbocycles. The second kappa shape index (κ2) is 8.59. The number of rotatable bonds is 6. The fourth-order valence-electron chi connectivity index (χ4n) is 2.68. The summed E-state index contributed by atoms with van der Waals surface area (Å²) in [6.45, 7) is 3.92. The maximum atomic E-state index is 12.7. The molecule has 0 aliphatic rings. The Bertz CT molecular complexity index is 1100. The van der Waals surface area contributed by atoms with Crippen molar-refractivity contribution < 1.29 is 13.6 Å². The van der Waals surface area contributed by atoms with Crippen molar-refractivity contribution in [3.63, 3.8) is 0 Å². The molecule has 0 aliphatic heterocycles. The lowest BCUT2D eigenvalue weighted by Gasteiger charge is -2.12. The number of anilines is 1. The molecule has 3 aromatic rings. The van der Waals surface area contributed by atoms with E-state index in [9.17, 15) is 18.4 Å². The van der Waals surface area contributed by atoms with Crippen LogP contribution in [-0.2, 0) is 11.3 Å². The molecule has 148 valence electrons. The number of aromatic nitrogens is 2. The third kappa shape index (κ3) is 4.37. The maximum absolute atomic E-state index is 12.7.